The molecular formula is C16H22BrN3. The molecule has 2 fully saturated rings. The van der Waals surface area contributed by atoms with Gasteiger partial charge in [0.05, 0.1) is 5.69 Å². The van der Waals surface area contributed by atoms with Crippen LogP contribution in [-0.2, 0) is 0 Å². The maximum absolute atomic E-state index is 7.54. The Bertz CT molecular complexity index is 512. The van der Waals surface area contributed by atoms with Crippen LogP contribution in [0.5, 0.6) is 0 Å². The number of piperidine rings is 1. The first-order valence-corrected chi connectivity index (χ1v) is 8.36. The average Bonchev–Trinajstić information content (AvgIpc) is 2.46. The molecule has 1 saturated heterocycles. The first-order valence-electron chi connectivity index (χ1n) is 7.57. The number of nitrogens with two attached hydrogens (primary N) is 1. The highest BCUT2D eigenvalue weighted by Gasteiger charge is 2.33. The van der Waals surface area contributed by atoms with Gasteiger partial charge in [-0.2, -0.15) is 0 Å². The molecule has 0 bridgehead atoms. The molecule has 1 heterocycles. The summed E-state index contributed by atoms with van der Waals surface area (Å²) in [6, 6.07) is 6.77. The summed E-state index contributed by atoms with van der Waals surface area (Å²) < 4.78 is 1.07. The average molecular weight is 336 g/mol. The summed E-state index contributed by atoms with van der Waals surface area (Å²) in [6.07, 6.45) is 8.17. The van der Waals surface area contributed by atoms with Crippen molar-refractivity contribution in [3.63, 3.8) is 0 Å². The molecule has 3 rings (SSSR count). The molecule has 2 atom stereocenters. The van der Waals surface area contributed by atoms with Gasteiger partial charge in [-0.3, -0.25) is 5.41 Å². The van der Waals surface area contributed by atoms with Crippen LogP contribution in [0, 0.1) is 11.3 Å². The summed E-state index contributed by atoms with van der Waals surface area (Å²) in [4.78, 5) is 2.58. The Kier molecular flexibility index (Phi) is 4.01. The van der Waals surface area contributed by atoms with E-state index in [1.165, 1.54) is 44.2 Å². The van der Waals surface area contributed by atoms with Gasteiger partial charge < -0.3 is 10.6 Å². The third kappa shape index (κ3) is 2.58. The largest absolute Gasteiger partial charge is 0.384 e. The molecule has 1 aromatic carbocycles. The molecule has 108 valence electrons. The number of fused-ring (bicyclic) bond motifs is 1. The second-order valence-electron chi connectivity index (χ2n) is 6.03. The van der Waals surface area contributed by atoms with Crippen molar-refractivity contribution >= 4 is 27.5 Å². The summed E-state index contributed by atoms with van der Waals surface area (Å²) in [5, 5.41) is 7.54. The Hall–Kier alpha value is -1.03. The van der Waals surface area contributed by atoms with Crippen molar-refractivity contribution in [1.29, 1.82) is 5.41 Å². The monoisotopic (exact) mass is 335 g/mol. The molecule has 3 nitrogen and oxygen atoms in total. The van der Waals surface area contributed by atoms with Gasteiger partial charge in [0.1, 0.15) is 5.84 Å². The van der Waals surface area contributed by atoms with E-state index in [4.69, 9.17) is 11.1 Å². The molecule has 20 heavy (non-hydrogen) atoms. The number of hydrogen-bond acceptors (Lipinski definition) is 2. The number of hydrogen-bond donors (Lipinski definition) is 2. The van der Waals surface area contributed by atoms with Gasteiger partial charge in [-0.1, -0.05) is 12.8 Å². The zero-order valence-corrected chi connectivity index (χ0v) is 13.3. The van der Waals surface area contributed by atoms with Gasteiger partial charge in [0.25, 0.3) is 0 Å². The maximum Gasteiger partial charge on any atom is 0.122 e. The van der Waals surface area contributed by atoms with E-state index in [9.17, 15) is 0 Å². The fourth-order valence-corrected chi connectivity index (χ4v) is 4.44. The van der Waals surface area contributed by atoms with Gasteiger partial charge in [-0.15, -0.1) is 0 Å². The Morgan fingerprint density at radius 3 is 2.70 bits per heavy atom. The van der Waals surface area contributed by atoms with Crippen LogP contribution in [0.1, 0.15) is 44.1 Å². The number of nitrogen functional groups attached to an aromatic ring is 1. The summed E-state index contributed by atoms with van der Waals surface area (Å²) in [6.45, 7) is 1.15. The first kappa shape index (κ1) is 13.9. The van der Waals surface area contributed by atoms with E-state index >= 15 is 0 Å². The lowest BCUT2D eigenvalue weighted by Gasteiger charge is -2.45. The van der Waals surface area contributed by atoms with Gasteiger partial charge in [0.2, 0.25) is 0 Å². The SMILES string of the molecule is N=C(N)c1ccc(N2CCCC3CCCCC32)c(Br)c1. The van der Waals surface area contributed by atoms with E-state index in [2.05, 4.69) is 26.9 Å². The minimum Gasteiger partial charge on any atom is -0.384 e. The molecular weight excluding hydrogens is 314 g/mol. The van der Waals surface area contributed by atoms with Gasteiger partial charge in [-0.25, -0.2) is 0 Å². The Balaban J connectivity index is 1.89. The van der Waals surface area contributed by atoms with Crippen molar-refractivity contribution in [3.8, 4) is 0 Å². The van der Waals surface area contributed by atoms with E-state index in [1.807, 2.05) is 12.1 Å². The molecule has 3 N–H and O–H groups in total. The Morgan fingerprint density at radius 2 is 1.95 bits per heavy atom. The summed E-state index contributed by atoms with van der Waals surface area (Å²) >= 11 is 3.67. The van der Waals surface area contributed by atoms with Crippen molar-refractivity contribution in [2.75, 3.05) is 11.4 Å². The highest BCUT2D eigenvalue weighted by molar-refractivity contribution is 9.10. The lowest BCUT2D eigenvalue weighted by atomic mass is 9.78. The van der Waals surface area contributed by atoms with E-state index in [1.54, 1.807) is 0 Å². The van der Waals surface area contributed by atoms with Crippen LogP contribution < -0.4 is 10.6 Å². The van der Waals surface area contributed by atoms with Crippen LogP contribution in [0.2, 0.25) is 0 Å². The third-order valence-electron chi connectivity index (χ3n) is 4.81. The predicted octanol–water partition coefficient (Wildman–Crippen LogP) is 3.89. The highest BCUT2D eigenvalue weighted by Crippen LogP contribution is 2.40. The van der Waals surface area contributed by atoms with Gasteiger partial charge in [-0.05, 0) is 65.7 Å². The summed E-state index contributed by atoms with van der Waals surface area (Å²) in [5.74, 6) is 1.00. The first-order chi connectivity index (χ1) is 9.66. The lowest BCUT2D eigenvalue weighted by molar-refractivity contribution is 0.243. The second kappa shape index (κ2) is 5.76. The highest BCUT2D eigenvalue weighted by atomic mass is 79.9. The van der Waals surface area contributed by atoms with E-state index in [-0.39, 0.29) is 5.84 Å². The van der Waals surface area contributed by atoms with Crippen LogP contribution in [0.15, 0.2) is 22.7 Å². The molecule has 0 aromatic heterocycles. The van der Waals surface area contributed by atoms with Crippen LogP contribution in [0.4, 0.5) is 5.69 Å². The Labute approximate surface area is 129 Å². The number of anilines is 1. The van der Waals surface area contributed by atoms with Gasteiger partial charge >= 0.3 is 0 Å². The Morgan fingerprint density at radius 1 is 1.20 bits per heavy atom. The molecule has 2 aliphatic rings. The van der Waals surface area contributed by atoms with E-state index in [0.29, 0.717) is 6.04 Å². The van der Waals surface area contributed by atoms with Gasteiger partial charge in [0, 0.05) is 22.6 Å². The number of nitrogens with zero attached hydrogens (tertiary/aromatic N) is 1. The van der Waals surface area contributed by atoms with Crippen molar-refractivity contribution in [2.45, 2.75) is 44.6 Å². The van der Waals surface area contributed by atoms with Gasteiger partial charge in [0.15, 0.2) is 0 Å². The fraction of sp³-hybridized carbons (Fsp3) is 0.562. The molecule has 1 aliphatic carbocycles. The van der Waals surface area contributed by atoms with Crippen LogP contribution >= 0.6 is 15.9 Å². The number of benzene rings is 1. The molecule has 0 amide bonds. The summed E-state index contributed by atoms with van der Waals surface area (Å²) in [5.41, 5.74) is 7.63. The minimum absolute atomic E-state index is 0.131. The minimum atomic E-state index is 0.131. The molecule has 4 heteroatoms. The van der Waals surface area contributed by atoms with E-state index < -0.39 is 0 Å². The van der Waals surface area contributed by atoms with Crippen LogP contribution in [0.3, 0.4) is 0 Å². The zero-order chi connectivity index (χ0) is 14.1. The normalized spacial score (nSPS) is 26.1. The number of rotatable bonds is 2. The topological polar surface area (TPSA) is 53.1 Å². The molecule has 1 saturated carbocycles. The van der Waals surface area contributed by atoms with Crippen molar-refractivity contribution in [1.82, 2.24) is 0 Å². The smallest absolute Gasteiger partial charge is 0.122 e. The van der Waals surface area contributed by atoms with E-state index in [0.717, 1.165) is 22.5 Å². The fourth-order valence-electron chi connectivity index (χ4n) is 3.83. The molecule has 0 radical (unpaired) electrons. The van der Waals surface area contributed by atoms with Crippen LogP contribution in [-0.4, -0.2) is 18.4 Å². The lowest BCUT2D eigenvalue weighted by Crippen LogP contribution is -2.47. The quantitative estimate of drug-likeness (QED) is 0.636. The maximum atomic E-state index is 7.54. The van der Waals surface area contributed by atoms with Crippen molar-refractivity contribution < 1.29 is 0 Å². The number of nitrogens with one attached hydrogen (secondary N) is 1. The molecule has 1 aromatic rings. The number of amidine groups is 1. The molecule has 2 unspecified atom stereocenters. The predicted molar refractivity (Wildman–Crippen MR) is 87.5 cm³/mol. The standard InChI is InChI=1S/C16H22BrN3/c17-13-10-12(16(18)19)7-8-15(13)20-9-3-5-11-4-1-2-6-14(11)20/h7-8,10-11,14H,1-6,9H2,(H3,18,19). The second-order valence-corrected chi connectivity index (χ2v) is 6.88. The molecule has 0 spiro atoms. The summed E-state index contributed by atoms with van der Waals surface area (Å²) in [7, 11) is 0. The van der Waals surface area contributed by atoms with Crippen LogP contribution in [0.25, 0.3) is 0 Å². The zero-order valence-electron chi connectivity index (χ0n) is 11.7. The van der Waals surface area contributed by atoms with Crippen molar-refractivity contribution in [3.05, 3.63) is 28.2 Å². The molecule has 1 aliphatic heterocycles. The third-order valence-corrected chi connectivity index (χ3v) is 5.45. The van der Waals surface area contributed by atoms with Crippen molar-refractivity contribution in [2.24, 2.45) is 11.7 Å². The number of halogens is 1.